The van der Waals surface area contributed by atoms with Crippen LogP contribution in [0.2, 0.25) is 0 Å². The molecule has 1 aromatic carbocycles. The van der Waals surface area contributed by atoms with Crippen molar-refractivity contribution < 1.29 is 14.3 Å². The maximum atomic E-state index is 12.4. The molecule has 0 bridgehead atoms. The van der Waals surface area contributed by atoms with Gasteiger partial charge in [0.1, 0.15) is 12.1 Å². The van der Waals surface area contributed by atoms with E-state index < -0.39 is 0 Å². The second-order valence-corrected chi connectivity index (χ2v) is 6.78. The van der Waals surface area contributed by atoms with Gasteiger partial charge in [0.05, 0.1) is 13.5 Å². The summed E-state index contributed by atoms with van der Waals surface area (Å²) in [6, 6.07) is 10.0. The highest BCUT2D eigenvalue weighted by Gasteiger charge is 2.25. The Morgan fingerprint density at radius 1 is 1.03 bits per heavy atom. The molecule has 0 aliphatic carbocycles. The van der Waals surface area contributed by atoms with Gasteiger partial charge in [0, 0.05) is 44.4 Å². The zero-order valence-corrected chi connectivity index (χ0v) is 16.2. The molecule has 9 nitrogen and oxygen atoms in total. The molecule has 9 heteroatoms. The fourth-order valence-electron chi connectivity index (χ4n) is 3.53. The van der Waals surface area contributed by atoms with Gasteiger partial charge < -0.3 is 14.5 Å². The molecule has 0 atom stereocenters. The van der Waals surface area contributed by atoms with E-state index in [1.54, 1.807) is 9.42 Å². The summed E-state index contributed by atoms with van der Waals surface area (Å²) in [6.07, 6.45) is 3.60. The molecule has 1 aliphatic rings. The van der Waals surface area contributed by atoms with E-state index in [0.717, 1.165) is 16.9 Å². The Morgan fingerprint density at radius 3 is 2.52 bits per heavy atom. The first kappa shape index (κ1) is 18.9. The molecule has 29 heavy (non-hydrogen) atoms. The predicted octanol–water partition coefficient (Wildman–Crippen LogP) is 1.39. The number of methoxy groups -OCH3 is 1. The van der Waals surface area contributed by atoms with Crippen LogP contribution >= 0.6 is 0 Å². The first-order valence-corrected chi connectivity index (χ1v) is 9.51. The number of piperazine rings is 1. The molecule has 0 unspecified atom stereocenters. The fraction of sp³-hybridized carbons (Fsp3) is 0.350. The summed E-state index contributed by atoms with van der Waals surface area (Å²) in [5.74, 6) is 1.06. The SMILES string of the molecule is COC(=O)CCC(=O)N1CCN(c2c(-c3ccccc3)cnc3ncnn23)CC1. The molecule has 0 radical (unpaired) electrons. The van der Waals surface area contributed by atoms with Crippen molar-refractivity contribution in [3.05, 3.63) is 42.9 Å². The summed E-state index contributed by atoms with van der Waals surface area (Å²) in [4.78, 5) is 36.3. The van der Waals surface area contributed by atoms with Crippen LogP contribution in [-0.4, -0.2) is 69.6 Å². The smallest absolute Gasteiger partial charge is 0.306 e. The van der Waals surface area contributed by atoms with E-state index in [1.165, 1.54) is 13.4 Å². The Balaban J connectivity index is 1.55. The van der Waals surface area contributed by atoms with Crippen molar-refractivity contribution in [2.45, 2.75) is 12.8 Å². The molecule has 3 aromatic rings. The number of hydrogen-bond donors (Lipinski definition) is 0. The number of carbonyl (C=O) groups excluding carboxylic acids is 2. The average molecular weight is 394 g/mol. The number of hydrogen-bond acceptors (Lipinski definition) is 7. The second-order valence-electron chi connectivity index (χ2n) is 6.78. The van der Waals surface area contributed by atoms with Crippen LogP contribution in [0.5, 0.6) is 0 Å². The first-order chi connectivity index (χ1) is 14.2. The van der Waals surface area contributed by atoms with Crippen molar-refractivity contribution in [2.24, 2.45) is 0 Å². The molecule has 1 fully saturated rings. The van der Waals surface area contributed by atoms with Gasteiger partial charge in [0.25, 0.3) is 5.78 Å². The highest BCUT2D eigenvalue weighted by Crippen LogP contribution is 2.30. The zero-order chi connectivity index (χ0) is 20.2. The topological polar surface area (TPSA) is 92.9 Å². The Hall–Kier alpha value is -3.49. The normalized spacial score (nSPS) is 14.2. The lowest BCUT2D eigenvalue weighted by Crippen LogP contribution is -2.49. The molecular weight excluding hydrogens is 372 g/mol. The van der Waals surface area contributed by atoms with Crippen LogP contribution < -0.4 is 4.90 Å². The van der Waals surface area contributed by atoms with Crippen LogP contribution in [0, 0.1) is 0 Å². The summed E-state index contributed by atoms with van der Waals surface area (Å²) in [5.41, 5.74) is 2.01. The van der Waals surface area contributed by atoms with Gasteiger partial charge in [-0.25, -0.2) is 4.98 Å². The van der Waals surface area contributed by atoms with E-state index in [9.17, 15) is 9.59 Å². The van der Waals surface area contributed by atoms with Gasteiger partial charge >= 0.3 is 5.97 Å². The molecule has 0 N–H and O–H groups in total. The van der Waals surface area contributed by atoms with Crippen molar-refractivity contribution in [3.8, 4) is 11.1 Å². The summed E-state index contributed by atoms with van der Waals surface area (Å²) in [6.45, 7) is 2.46. The van der Waals surface area contributed by atoms with Crippen molar-refractivity contribution in [3.63, 3.8) is 0 Å². The maximum Gasteiger partial charge on any atom is 0.306 e. The average Bonchev–Trinajstić information content (AvgIpc) is 3.26. The Kier molecular flexibility index (Phi) is 5.37. The molecule has 4 rings (SSSR count). The highest BCUT2D eigenvalue weighted by molar-refractivity contribution is 5.82. The van der Waals surface area contributed by atoms with Gasteiger partial charge in [-0.05, 0) is 5.56 Å². The monoisotopic (exact) mass is 394 g/mol. The van der Waals surface area contributed by atoms with Gasteiger partial charge in [-0.1, -0.05) is 30.3 Å². The number of esters is 1. The molecule has 150 valence electrons. The van der Waals surface area contributed by atoms with E-state index in [1.807, 2.05) is 36.5 Å². The molecule has 1 amide bonds. The number of nitrogens with zero attached hydrogens (tertiary/aromatic N) is 6. The highest BCUT2D eigenvalue weighted by atomic mass is 16.5. The van der Waals surface area contributed by atoms with Crippen LogP contribution in [0.1, 0.15) is 12.8 Å². The molecule has 3 heterocycles. The van der Waals surface area contributed by atoms with Crippen molar-refractivity contribution in [1.29, 1.82) is 0 Å². The maximum absolute atomic E-state index is 12.4. The Morgan fingerprint density at radius 2 is 1.79 bits per heavy atom. The van der Waals surface area contributed by atoms with Crippen LogP contribution in [-0.2, 0) is 14.3 Å². The summed E-state index contributed by atoms with van der Waals surface area (Å²) < 4.78 is 6.36. The van der Waals surface area contributed by atoms with Crippen molar-refractivity contribution in [1.82, 2.24) is 24.5 Å². The summed E-state index contributed by atoms with van der Waals surface area (Å²) >= 11 is 0. The van der Waals surface area contributed by atoms with Crippen LogP contribution in [0.15, 0.2) is 42.9 Å². The first-order valence-electron chi connectivity index (χ1n) is 9.51. The molecule has 1 aliphatic heterocycles. The summed E-state index contributed by atoms with van der Waals surface area (Å²) in [5, 5.41) is 4.36. The van der Waals surface area contributed by atoms with Gasteiger partial charge in [0.15, 0.2) is 0 Å². The minimum absolute atomic E-state index is 0.0287. The molecule has 0 saturated carbocycles. The standard InChI is InChI=1S/C20H22N6O3/c1-29-18(28)8-7-17(27)24-9-11-25(12-10-24)19-16(15-5-3-2-4-6-15)13-21-20-22-14-23-26(19)20/h2-6,13-14H,7-12H2,1H3. The van der Waals surface area contributed by atoms with Crippen molar-refractivity contribution in [2.75, 3.05) is 38.2 Å². The van der Waals surface area contributed by atoms with E-state index in [0.29, 0.717) is 32.0 Å². The summed E-state index contributed by atoms with van der Waals surface area (Å²) in [7, 11) is 1.33. The number of aromatic nitrogens is 4. The minimum atomic E-state index is -0.366. The van der Waals surface area contributed by atoms with Crippen LogP contribution in [0.25, 0.3) is 16.9 Å². The second kappa shape index (κ2) is 8.26. The Labute approximate surface area is 167 Å². The number of rotatable bonds is 5. The van der Waals surface area contributed by atoms with E-state index in [4.69, 9.17) is 0 Å². The van der Waals surface area contributed by atoms with Gasteiger partial charge in [-0.3, -0.25) is 9.59 Å². The lowest BCUT2D eigenvalue weighted by atomic mass is 10.1. The third-order valence-electron chi connectivity index (χ3n) is 5.07. The van der Waals surface area contributed by atoms with Gasteiger partial charge in [0.2, 0.25) is 5.91 Å². The minimum Gasteiger partial charge on any atom is -0.469 e. The number of ether oxygens (including phenoxy) is 1. The van der Waals surface area contributed by atoms with Crippen LogP contribution in [0.4, 0.5) is 5.82 Å². The fourth-order valence-corrected chi connectivity index (χ4v) is 3.53. The molecule has 1 saturated heterocycles. The number of fused-ring (bicyclic) bond motifs is 1. The van der Waals surface area contributed by atoms with Gasteiger partial charge in [-0.2, -0.15) is 14.6 Å². The zero-order valence-electron chi connectivity index (χ0n) is 16.2. The Bertz CT molecular complexity index is 1010. The van der Waals surface area contributed by atoms with Gasteiger partial charge in [-0.15, -0.1) is 0 Å². The van der Waals surface area contributed by atoms with E-state index in [2.05, 4.69) is 24.7 Å². The third-order valence-corrected chi connectivity index (χ3v) is 5.07. The predicted molar refractivity (Wildman–Crippen MR) is 106 cm³/mol. The van der Waals surface area contributed by atoms with E-state index in [-0.39, 0.29) is 24.7 Å². The number of carbonyl (C=O) groups is 2. The van der Waals surface area contributed by atoms with E-state index >= 15 is 0 Å². The van der Waals surface area contributed by atoms with Crippen molar-refractivity contribution >= 4 is 23.5 Å². The number of benzene rings is 1. The molecular formula is C20H22N6O3. The number of anilines is 1. The lowest BCUT2D eigenvalue weighted by Gasteiger charge is -2.36. The largest absolute Gasteiger partial charge is 0.469 e. The number of amides is 1. The third kappa shape index (κ3) is 3.89. The molecule has 0 spiro atoms. The van der Waals surface area contributed by atoms with Crippen LogP contribution in [0.3, 0.4) is 0 Å². The quantitative estimate of drug-likeness (QED) is 0.604. The molecule has 2 aromatic heterocycles. The lowest BCUT2D eigenvalue weighted by molar-refractivity contribution is -0.143.